The minimum absolute atomic E-state index is 0.0511. The van der Waals surface area contributed by atoms with Crippen LogP contribution in [0.3, 0.4) is 0 Å². The van der Waals surface area contributed by atoms with E-state index in [1.807, 2.05) is 13.8 Å². The molecule has 0 aliphatic carbocycles. The third-order valence-corrected chi connectivity index (χ3v) is 6.06. The molecule has 1 aromatic heterocycles. The molecule has 0 aromatic carbocycles. The Morgan fingerprint density at radius 3 is 2.44 bits per heavy atom. The predicted molar refractivity (Wildman–Crippen MR) is 74.6 cm³/mol. The lowest BCUT2D eigenvalue weighted by atomic mass is 9.96. The van der Waals surface area contributed by atoms with Crippen molar-refractivity contribution in [3.8, 4) is 0 Å². The fraction of sp³-hybridized carbons (Fsp3) is 0.636. The molecule has 3 atom stereocenters. The summed E-state index contributed by atoms with van der Waals surface area (Å²) in [4.78, 5) is 0. The van der Waals surface area contributed by atoms with Crippen LogP contribution in [0.4, 0.5) is 0 Å². The Bertz CT molecular complexity index is 484. The van der Waals surface area contributed by atoms with Crippen LogP contribution < -0.4 is 4.72 Å². The largest absolute Gasteiger partial charge is 0.392 e. The molecule has 2 N–H and O–H groups in total. The Morgan fingerprint density at radius 2 is 2.06 bits per heavy atom. The summed E-state index contributed by atoms with van der Waals surface area (Å²) in [6.45, 7) is 5.44. The van der Waals surface area contributed by atoms with Crippen molar-refractivity contribution in [1.82, 2.24) is 4.72 Å². The molecule has 0 unspecified atom stereocenters. The van der Waals surface area contributed by atoms with E-state index >= 15 is 0 Å². The maximum Gasteiger partial charge on any atom is 0.250 e. The zero-order valence-electron chi connectivity index (χ0n) is 10.6. The SMILES string of the molecule is CC[C@H](C)[C@H](NS(=O)(=O)c1ccc(Cl)s1)[C@H](C)O. The molecular weight excluding hydrogens is 294 g/mol. The Hall–Kier alpha value is -0.140. The first-order valence-electron chi connectivity index (χ1n) is 5.73. The summed E-state index contributed by atoms with van der Waals surface area (Å²) in [5.74, 6) is 0.0511. The smallest absolute Gasteiger partial charge is 0.250 e. The van der Waals surface area contributed by atoms with E-state index < -0.39 is 22.2 Å². The predicted octanol–water partition coefficient (Wildman–Crippen LogP) is 2.48. The number of thiophene rings is 1. The molecule has 4 nitrogen and oxygen atoms in total. The van der Waals surface area contributed by atoms with Gasteiger partial charge in [-0.1, -0.05) is 31.9 Å². The second-order valence-electron chi connectivity index (χ2n) is 4.33. The van der Waals surface area contributed by atoms with Crippen LogP contribution in [0.1, 0.15) is 27.2 Å². The highest BCUT2D eigenvalue weighted by Crippen LogP contribution is 2.26. The summed E-state index contributed by atoms with van der Waals surface area (Å²) in [6.07, 6.45) is 0.0358. The van der Waals surface area contributed by atoms with Gasteiger partial charge in [0.05, 0.1) is 16.5 Å². The zero-order valence-corrected chi connectivity index (χ0v) is 12.9. The van der Waals surface area contributed by atoms with Crippen molar-refractivity contribution < 1.29 is 13.5 Å². The van der Waals surface area contributed by atoms with Gasteiger partial charge in [0.25, 0.3) is 0 Å². The monoisotopic (exact) mass is 311 g/mol. The average Bonchev–Trinajstić information content (AvgIpc) is 2.72. The fourth-order valence-corrected chi connectivity index (χ4v) is 4.54. The number of aliphatic hydroxyl groups is 1. The van der Waals surface area contributed by atoms with Crippen molar-refractivity contribution in [3.63, 3.8) is 0 Å². The van der Waals surface area contributed by atoms with Crippen LogP contribution in [0.5, 0.6) is 0 Å². The zero-order chi connectivity index (χ0) is 13.9. The van der Waals surface area contributed by atoms with Gasteiger partial charge in [-0.15, -0.1) is 11.3 Å². The Morgan fingerprint density at radius 1 is 1.44 bits per heavy atom. The van der Waals surface area contributed by atoms with Crippen molar-refractivity contribution in [1.29, 1.82) is 0 Å². The highest BCUT2D eigenvalue weighted by Gasteiger charge is 2.28. The van der Waals surface area contributed by atoms with Gasteiger partial charge in [-0.3, -0.25) is 0 Å². The highest BCUT2D eigenvalue weighted by atomic mass is 35.5. The van der Waals surface area contributed by atoms with E-state index in [4.69, 9.17) is 11.6 Å². The lowest BCUT2D eigenvalue weighted by molar-refractivity contribution is 0.128. The van der Waals surface area contributed by atoms with Crippen molar-refractivity contribution in [2.75, 3.05) is 0 Å². The summed E-state index contributed by atoms with van der Waals surface area (Å²) < 4.78 is 27.4. The second kappa shape index (κ2) is 6.34. The lowest BCUT2D eigenvalue weighted by Crippen LogP contribution is -2.45. The highest BCUT2D eigenvalue weighted by molar-refractivity contribution is 7.91. The van der Waals surface area contributed by atoms with Gasteiger partial charge in [0.2, 0.25) is 10.0 Å². The maximum absolute atomic E-state index is 12.1. The van der Waals surface area contributed by atoms with E-state index in [0.717, 1.165) is 17.8 Å². The van der Waals surface area contributed by atoms with Crippen LogP contribution in [0.25, 0.3) is 0 Å². The summed E-state index contributed by atoms with van der Waals surface area (Å²) in [5.41, 5.74) is 0. The van der Waals surface area contributed by atoms with E-state index in [0.29, 0.717) is 4.34 Å². The van der Waals surface area contributed by atoms with Crippen LogP contribution >= 0.6 is 22.9 Å². The van der Waals surface area contributed by atoms with Gasteiger partial charge in [0, 0.05) is 0 Å². The number of hydrogen-bond donors (Lipinski definition) is 2. The first kappa shape index (κ1) is 15.9. The molecular formula is C11H18ClNO3S2. The first-order chi connectivity index (χ1) is 8.27. The molecule has 0 aliphatic heterocycles. The molecule has 1 heterocycles. The van der Waals surface area contributed by atoms with Gasteiger partial charge in [0.1, 0.15) is 4.21 Å². The lowest BCUT2D eigenvalue weighted by Gasteiger charge is -2.26. The molecule has 0 aliphatic rings. The van der Waals surface area contributed by atoms with Crippen molar-refractivity contribution in [2.45, 2.75) is 43.5 Å². The molecule has 18 heavy (non-hydrogen) atoms. The summed E-state index contributed by atoms with van der Waals surface area (Å²) in [6, 6.07) is 2.51. The minimum atomic E-state index is -3.61. The molecule has 104 valence electrons. The first-order valence-corrected chi connectivity index (χ1v) is 8.41. The molecule has 1 rings (SSSR count). The average molecular weight is 312 g/mol. The van der Waals surface area contributed by atoms with E-state index in [1.54, 1.807) is 13.0 Å². The van der Waals surface area contributed by atoms with Crippen LogP contribution in [0.2, 0.25) is 4.34 Å². The van der Waals surface area contributed by atoms with Crippen LogP contribution in [0, 0.1) is 5.92 Å². The van der Waals surface area contributed by atoms with Gasteiger partial charge in [-0.2, -0.15) is 0 Å². The standard InChI is InChI=1S/C11H18ClNO3S2/c1-4-7(2)11(8(3)14)13-18(15,16)10-6-5-9(12)17-10/h5-8,11,13-14H,4H2,1-3H3/t7-,8-,11-/m0/s1. The molecule has 0 saturated carbocycles. The molecule has 0 spiro atoms. The van der Waals surface area contributed by atoms with Gasteiger partial charge in [0.15, 0.2) is 0 Å². The molecule has 0 saturated heterocycles. The number of sulfonamides is 1. The molecule has 0 amide bonds. The number of halogens is 1. The van der Waals surface area contributed by atoms with E-state index in [2.05, 4.69) is 4.72 Å². The van der Waals surface area contributed by atoms with Crippen LogP contribution in [-0.4, -0.2) is 25.7 Å². The van der Waals surface area contributed by atoms with Crippen molar-refractivity contribution >= 4 is 33.0 Å². The Balaban J connectivity index is 2.93. The number of hydrogen-bond acceptors (Lipinski definition) is 4. The fourth-order valence-electron chi connectivity index (χ4n) is 1.62. The summed E-state index contributed by atoms with van der Waals surface area (Å²) in [7, 11) is -3.61. The quantitative estimate of drug-likeness (QED) is 0.848. The number of nitrogens with one attached hydrogen (secondary N) is 1. The molecule has 0 bridgehead atoms. The third-order valence-electron chi connectivity index (χ3n) is 2.88. The number of aliphatic hydroxyl groups excluding tert-OH is 1. The normalized spacial score (nSPS) is 17.4. The molecule has 1 aromatic rings. The Kier molecular flexibility index (Phi) is 5.61. The Labute approximate surface area is 117 Å². The van der Waals surface area contributed by atoms with Gasteiger partial charge in [-0.25, -0.2) is 13.1 Å². The summed E-state index contributed by atoms with van der Waals surface area (Å²) >= 11 is 6.73. The topological polar surface area (TPSA) is 66.4 Å². The second-order valence-corrected chi connectivity index (χ2v) is 7.99. The maximum atomic E-state index is 12.1. The van der Waals surface area contributed by atoms with E-state index in [-0.39, 0.29) is 10.1 Å². The van der Waals surface area contributed by atoms with Crippen molar-refractivity contribution in [3.05, 3.63) is 16.5 Å². The summed E-state index contributed by atoms with van der Waals surface area (Å²) in [5, 5.41) is 9.68. The molecule has 0 radical (unpaired) electrons. The van der Waals surface area contributed by atoms with Crippen molar-refractivity contribution in [2.24, 2.45) is 5.92 Å². The van der Waals surface area contributed by atoms with Crippen LogP contribution in [-0.2, 0) is 10.0 Å². The van der Waals surface area contributed by atoms with E-state index in [9.17, 15) is 13.5 Å². The van der Waals surface area contributed by atoms with Gasteiger partial charge < -0.3 is 5.11 Å². The van der Waals surface area contributed by atoms with Crippen LogP contribution in [0.15, 0.2) is 16.3 Å². The van der Waals surface area contributed by atoms with Gasteiger partial charge in [-0.05, 0) is 25.0 Å². The minimum Gasteiger partial charge on any atom is -0.392 e. The third kappa shape index (κ3) is 3.93. The molecule has 0 fully saturated rings. The molecule has 7 heteroatoms. The van der Waals surface area contributed by atoms with Gasteiger partial charge >= 0.3 is 0 Å². The van der Waals surface area contributed by atoms with E-state index in [1.165, 1.54) is 6.07 Å². The number of rotatable bonds is 6.